The van der Waals surface area contributed by atoms with Gasteiger partial charge in [0.25, 0.3) is 0 Å². The summed E-state index contributed by atoms with van der Waals surface area (Å²) in [4.78, 5) is 11.8. The number of rotatable bonds is 9. The fraction of sp³-hybridized carbons (Fsp3) is 0.562. The maximum Gasteiger partial charge on any atom is 0.221 e. The molecule has 0 aliphatic carbocycles. The van der Waals surface area contributed by atoms with Gasteiger partial charge in [-0.05, 0) is 45.5 Å². The third kappa shape index (κ3) is 5.63. The van der Waals surface area contributed by atoms with Gasteiger partial charge in [0.1, 0.15) is 0 Å². The average Bonchev–Trinajstić information content (AvgIpc) is 2.47. The van der Waals surface area contributed by atoms with E-state index in [1.807, 2.05) is 46.0 Å². The van der Waals surface area contributed by atoms with E-state index in [0.29, 0.717) is 31.9 Å². The summed E-state index contributed by atoms with van der Waals surface area (Å²) in [5, 5.41) is 5.94. The van der Waals surface area contributed by atoms with Crippen molar-refractivity contribution in [1.29, 1.82) is 0 Å². The topological polar surface area (TPSA) is 59.6 Å². The maximum atomic E-state index is 11.8. The minimum absolute atomic E-state index is 0.0312. The van der Waals surface area contributed by atoms with Crippen LogP contribution in [0, 0.1) is 0 Å². The first kappa shape index (κ1) is 17.3. The lowest BCUT2D eigenvalue weighted by molar-refractivity contribution is -0.121. The normalized spacial score (nSPS) is 11.8. The van der Waals surface area contributed by atoms with Gasteiger partial charge in [0.05, 0.1) is 19.3 Å². The maximum absolute atomic E-state index is 11.8. The number of amides is 1. The van der Waals surface area contributed by atoms with Crippen molar-refractivity contribution in [3.63, 3.8) is 0 Å². The SMILES string of the molecule is CCOc1ccc(C(C)NC(=O)CCNC)cc1OCC. The first-order valence-electron chi connectivity index (χ1n) is 7.45. The molecule has 0 saturated heterocycles. The van der Waals surface area contributed by atoms with Crippen LogP contribution in [0.25, 0.3) is 0 Å². The molecule has 0 aliphatic rings. The van der Waals surface area contributed by atoms with E-state index >= 15 is 0 Å². The highest BCUT2D eigenvalue weighted by atomic mass is 16.5. The molecule has 1 aromatic carbocycles. The molecule has 1 rings (SSSR count). The van der Waals surface area contributed by atoms with Crippen molar-refractivity contribution in [2.24, 2.45) is 0 Å². The molecule has 0 heterocycles. The van der Waals surface area contributed by atoms with E-state index in [4.69, 9.17) is 9.47 Å². The zero-order valence-electron chi connectivity index (χ0n) is 13.4. The standard InChI is InChI=1S/C16H26N2O3/c1-5-20-14-8-7-13(11-15(14)21-6-2)12(3)18-16(19)9-10-17-4/h7-8,11-12,17H,5-6,9-10H2,1-4H3,(H,18,19). The second kappa shape index (κ2) is 9.23. The molecule has 5 nitrogen and oxygen atoms in total. The molecule has 0 aliphatic heterocycles. The number of ether oxygens (including phenoxy) is 2. The summed E-state index contributed by atoms with van der Waals surface area (Å²) in [5.41, 5.74) is 1.000. The molecule has 0 saturated carbocycles. The molecule has 0 spiro atoms. The Balaban J connectivity index is 2.77. The fourth-order valence-electron chi connectivity index (χ4n) is 1.97. The van der Waals surface area contributed by atoms with Gasteiger partial charge < -0.3 is 20.1 Å². The Morgan fingerprint density at radius 1 is 1.19 bits per heavy atom. The molecule has 1 atom stereocenters. The van der Waals surface area contributed by atoms with E-state index in [1.54, 1.807) is 0 Å². The number of carbonyl (C=O) groups is 1. The molecule has 5 heteroatoms. The molecule has 21 heavy (non-hydrogen) atoms. The highest BCUT2D eigenvalue weighted by Crippen LogP contribution is 2.30. The number of carbonyl (C=O) groups excluding carboxylic acids is 1. The minimum Gasteiger partial charge on any atom is -0.490 e. The predicted molar refractivity (Wildman–Crippen MR) is 83.9 cm³/mol. The van der Waals surface area contributed by atoms with Gasteiger partial charge in [0, 0.05) is 13.0 Å². The highest BCUT2D eigenvalue weighted by Gasteiger charge is 2.13. The Morgan fingerprint density at radius 2 is 1.86 bits per heavy atom. The van der Waals surface area contributed by atoms with Crippen LogP contribution in [-0.4, -0.2) is 32.7 Å². The van der Waals surface area contributed by atoms with Gasteiger partial charge in [-0.3, -0.25) is 4.79 Å². The van der Waals surface area contributed by atoms with E-state index in [-0.39, 0.29) is 11.9 Å². The Morgan fingerprint density at radius 3 is 2.48 bits per heavy atom. The monoisotopic (exact) mass is 294 g/mol. The van der Waals surface area contributed by atoms with Gasteiger partial charge in [0.2, 0.25) is 5.91 Å². The Labute approximate surface area is 127 Å². The van der Waals surface area contributed by atoms with Crippen molar-refractivity contribution >= 4 is 5.91 Å². The van der Waals surface area contributed by atoms with Gasteiger partial charge >= 0.3 is 0 Å². The zero-order valence-corrected chi connectivity index (χ0v) is 13.4. The van der Waals surface area contributed by atoms with Crippen molar-refractivity contribution < 1.29 is 14.3 Å². The number of nitrogens with one attached hydrogen (secondary N) is 2. The lowest BCUT2D eigenvalue weighted by atomic mass is 10.1. The minimum atomic E-state index is -0.0655. The van der Waals surface area contributed by atoms with Crippen LogP contribution in [-0.2, 0) is 4.79 Å². The molecular formula is C16H26N2O3. The van der Waals surface area contributed by atoms with Gasteiger partial charge in [-0.15, -0.1) is 0 Å². The molecular weight excluding hydrogens is 268 g/mol. The Hall–Kier alpha value is -1.75. The van der Waals surface area contributed by atoms with Gasteiger partial charge in [-0.1, -0.05) is 6.07 Å². The summed E-state index contributed by atoms with van der Waals surface area (Å²) in [5.74, 6) is 1.48. The van der Waals surface area contributed by atoms with Crippen molar-refractivity contribution in [3.05, 3.63) is 23.8 Å². The average molecular weight is 294 g/mol. The van der Waals surface area contributed by atoms with Crippen LogP contribution < -0.4 is 20.1 Å². The number of hydrogen-bond donors (Lipinski definition) is 2. The summed E-state index contributed by atoms with van der Waals surface area (Å²) >= 11 is 0. The molecule has 1 amide bonds. The van der Waals surface area contributed by atoms with E-state index in [9.17, 15) is 4.79 Å². The molecule has 2 N–H and O–H groups in total. The fourth-order valence-corrected chi connectivity index (χ4v) is 1.97. The Kier molecular flexibility index (Phi) is 7.61. The molecule has 0 fully saturated rings. The summed E-state index contributed by atoms with van der Waals surface area (Å²) < 4.78 is 11.1. The highest BCUT2D eigenvalue weighted by molar-refractivity contribution is 5.76. The summed E-state index contributed by atoms with van der Waals surface area (Å²) in [6, 6.07) is 5.71. The molecule has 118 valence electrons. The lowest BCUT2D eigenvalue weighted by Crippen LogP contribution is -2.29. The van der Waals surface area contributed by atoms with Gasteiger partial charge in [-0.25, -0.2) is 0 Å². The van der Waals surface area contributed by atoms with Crippen LogP contribution in [0.5, 0.6) is 11.5 Å². The quantitative estimate of drug-likeness (QED) is 0.733. The zero-order chi connectivity index (χ0) is 15.7. The largest absolute Gasteiger partial charge is 0.490 e. The second-order valence-corrected chi connectivity index (χ2v) is 4.71. The molecule has 0 aromatic heterocycles. The molecule has 1 aromatic rings. The van der Waals surface area contributed by atoms with Crippen LogP contribution in [0.1, 0.15) is 38.8 Å². The molecule has 0 radical (unpaired) electrons. The van der Waals surface area contributed by atoms with E-state index in [0.717, 1.165) is 11.3 Å². The molecule has 1 unspecified atom stereocenters. The van der Waals surface area contributed by atoms with Crippen LogP contribution in [0.3, 0.4) is 0 Å². The first-order chi connectivity index (χ1) is 10.1. The second-order valence-electron chi connectivity index (χ2n) is 4.71. The predicted octanol–water partition coefficient (Wildman–Crippen LogP) is 2.27. The van der Waals surface area contributed by atoms with E-state index in [2.05, 4.69) is 10.6 Å². The van der Waals surface area contributed by atoms with Crippen molar-refractivity contribution in [3.8, 4) is 11.5 Å². The van der Waals surface area contributed by atoms with Crippen molar-refractivity contribution in [2.75, 3.05) is 26.8 Å². The summed E-state index contributed by atoms with van der Waals surface area (Å²) in [6.45, 7) is 7.68. The van der Waals surface area contributed by atoms with Gasteiger partial charge in [0.15, 0.2) is 11.5 Å². The van der Waals surface area contributed by atoms with Gasteiger partial charge in [-0.2, -0.15) is 0 Å². The third-order valence-corrected chi connectivity index (χ3v) is 3.05. The first-order valence-corrected chi connectivity index (χ1v) is 7.45. The van der Waals surface area contributed by atoms with E-state index in [1.165, 1.54) is 0 Å². The summed E-state index contributed by atoms with van der Waals surface area (Å²) in [6.07, 6.45) is 0.468. The number of benzene rings is 1. The van der Waals surface area contributed by atoms with Crippen LogP contribution in [0.15, 0.2) is 18.2 Å². The third-order valence-electron chi connectivity index (χ3n) is 3.05. The van der Waals surface area contributed by atoms with Crippen molar-refractivity contribution in [1.82, 2.24) is 10.6 Å². The molecule has 0 bridgehead atoms. The number of hydrogen-bond acceptors (Lipinski definition) is 4. The van der Waals surface area contributed by atoms with Crippen molar-refractivity contribution in [2.45, 2.75) is 33.2 Å². The van der Waals surface area contributed by atoms with Crippen LogP contribution in [0.4, 0.5) is 0 Å². The lowest BCUT2D eigenvalue weighted by Gasteiger charge is -2.17. The smallest absolute Gasteiger partial charge is 0.221 e. The summed E-state index contributed by atoms with van der Waals surface area (Å²) in [7, 11) is 1.83. The van der Waals surface area contributed by atoms with Crippen LogP contribution in [0.2, 0.25) is 0 Å². The van der Waals surface area contributed by atoms with E-state index < -0.39 is 0 Å². The van der Waals surface area contributed by atoms with Crippen LogP contribution >= 0.6 is 0 Å². The Bertz CT molecular complexity index is 449.